The number of hydrogen-bond donors (Lipinski definition) is 0. The first-order valence-corrected chi connectivity index (χ1v) is 9.07. The molecule has 0 atom stereocenters. The van der Waals surface area contributed by atoms with Gasteiger partial charge in [-0.1, -0.05) is 12.1 Å². The lowest BCUT2D eigenvalue weighted by atomic mass is 10.2. The Bertz CT molecular complexity index is 708. The number of rotatable bonds is 5. The maximum absolute atomic E-state index is 12.0. The van der Waals surface area contributed by atoms with E-state index in [9.17, 15) is 21.6 Å². The average Bonchev–Trinajstić information content (AvgIpc) is 2.34. The monoisotopic (exact) mass is 321 g/mol. The number of hydrogen-bond acceptors (Lipinski definition) is 6. The first kappa shape index (κ1) is 16.4. The van der Waals surface area contributed by atoms with Gasteiger partial charge in [-0.15, -0.1) is 0 Å². The SMILES string of the molecule is COC(=O)c1ccccc1N(C)S(=O)(=O)CS(C)(=O)=O. The normalized spacial score (nSPS) is 11.9. The number of para-hydroxylation sites is 1. The van der Waals surface area contributed by atoms with Crippen LogP contribution in [0.15, 0.2) is 24.3 Å². The lowest BCUT2D eigenvalue weighted by molar-refractivity contribution is 0.0601. The molecule has 0 aliphatic carbocycles. The first-order valence-electron chi connectivity index (χ1n) is 5.40. The highest BCUT2D eigenvalue weighted by atomic mass is 32.3. The summed E-state index contributed by atoms with van der Waals surface area (Å²) in [6.07, 6.45) is 0.824. The fraction of sp³-hybridized carbons (Fsp3) is 0.364. The number of esters is 1. The maximum Gasteiger partial charge on any atom is 0.340 e. The highest BCUT2D eigenvalue weighted by Gasteiger charge is 2.26. The van der Waals surface area contributed by atoms with Crippen LogP contribution in [0.4, 0.5) is 5.69 Å². The van der Waals surface area contributed by atoms with Crippen LogP contribution in [0.3, 0.4) is 0 Å². The van der Waals surface area contributed by atoms with Gasteiger partial charge in [0.15, 0.2) is 14.9 Å². The van der Waals surface area contributed by atoms with Gasteiger partial charge < -0.3 is 4.74 Å². The van der Waals surface area contributed by atoms with E-state index in [1.54, 1.807) is 6.07 Å². The van der Waals surface area contributed by atoms with Gasteiger partial charge >= 0.3 is 5.97 Å². The number of carbonyl (C=O) groups is 1. The number of anilines is 1. The van der Waals surface area contributed by atoms with Gasteiger partial charge in [0.25, 0.3) is 0 Å². The minimum Gasteiger partial charge on any atom is -0.465 e. The van der Waals surface area contributed by atoms with Crippen molar-refractivity contribution in [2.24, 2.45) is 0 Å². The second-order valence-electron chi connectivity index (χ2n) is 4.13. The predicted octanol–water partition coefficient (Wildman–Crippen LogP) is 0.241. The van der Waals surface area contributed by atoms with Crippen molar-refractivity contribution >= 4 is 31.5 Å². The Labute approximate surface area is 118 Å². The minimum atomic E-state index is -4.10. The number of ether oxygens (including phenoxy) is 1. The molecule has 0 radical (unpaired) electrons. The lowest BCUT2D eigenvalue weighted by Crippen LogP contribution is -2.33. The number of benzene rings is 1. The molecule has 0 saturated carbocycles. The van der Waals surface area contributed by atoms with E-state index in [1.807, 2.05) is 0 Å². The van der Waals surface area contributed by atoms with E-state index in [0.29, 0.717) is 0 Å². The zero-order valence-corrected chi connectivity index (χ0v) is 12.9. The minimum absolute atomic E-state index is 0.0366. The molecule has 1 aromatic rings. The van der Waals surface area contributed by atoms with Crippen LogP contribution in [-0.4, -0.2) is 48.3 Å². The quantitative estimate of drug-likeness (QED) is 0.721. The Kier molecular flexibility index (Phi) is 4.77. The number of carbonyl (C=O) groups excluding carboxylic acids is 1. The van der Waals surface area contributed by atoms with Crippen LogP contribution in [0.25, 0.3) is 0 Å². The summed E-state index contributed by atoms with van der Waals surface area (Å²) >= 11 is 0. The van der Waals surface area contributed by atoms with Gasteiger partial charge in [-0.3, -0.25) is 4.31 Å². The van der Waals surface area contributed by atoms with E-state index in [0.717, 1.165) is 10.6 Å². The van der Waals surface area contributed by atoms with E-state index < -0.39 is 30.9 Å². The smallest absolute Gasteiger partial charge is 0.340 e. The van der Waals surface area contributed by atoms with Crippen molar-refractivity contribution in [2.45, 2.75) is 0 Å². The third-order valence-corrected chi connectivity index (χ3v) is 6.36. The second-order valence-corrected chi connectivity index (χ2v) is 8.64. The standard InChI is InChI=1S/C11H15NO6S2/c1-12(20(16,17)8-19(3,14)15)10-7-5-4-6-9(10)11(13)18-2/h4-7H,8H2,1-3H3. The first-order chi connectivity index (χ1) is 9.08. The summed E-state index contributed by atoms with van der Waals surface area (Å²) in [6.45, 7) is 0. The van der Waals surface area contributed by atoms with Crippen molar-refractivity contribution in [3.05, 3.63) is 29.8 Å². The molecule has 0 spiro atoms. The Morgan fingerprint density at radius 1 is 1.20 bits per heavy atom. The fourth-order valence-electron chi connectivity index (χ4n) is 1.53. The van der Waals surface area contributed by atoms with Gasteiger partial charge in [0.2, 0.25) is 10.0 Å². The molecule has 112 valence electrons. The Balaban J connectivity index is 3.29. The zero-order valence-electron chi connectivity index (χ0n) is 11.2. The van der Waals surface area contributed by atoms with Crippen molar-refractivity contribution < 1.29 is 26.4 Å². The van der Waals surface area contributed by atoms with Crippen molar-refractivity contribution in [1.82, 2.24) is 0 Å². The number of nitrogens with zero attached hydrogens (tertiary/aromatic N) is 1. The third kappa shape index (κ3) is 3.94. The van der Waals surface area contributed by atoms with Crippen LogP contribution < -0.4 is 4.31 Å². The Morgan fingerprint density at radius 3 is 2.25 bits per heavy atom. The van der Waals surface area contributed by atoms with Crippen LogP contribution in [0, 0.1) is 0 Å². The summed E-state index contributed by atoms with van der Waals surface area (Å²) in [5.41, 5.74) is 0.0950. The predicted molar refractivity (Wildman–Crippen MR) is 74.8 cm³/mol. The van der Waals surface area contributed by atoms with E-state index >= 15 is 0 Å². The van der Waals surface area contributed by atoms with E-state index in [4.69, 9.17) is 0 Å². The molecule has 0 aliphatic rings. The molecule has 0 aliphatic heterocycles. The summed E-state index contributed by atoms with van der Waals surface area (Å²) < 4.78 is 51.7. The highest BCUT2D eigenvalue weighted by molar-refractivity contribution is 8.08. The molecule has 0 aromatic heterocycles. The van der Waals surface area contributed by atoms with Gasteiger partial charge in [0.05, 0.1) is 18.4 Å². The van der Waals surface area contributed by atoms with Crippen LogP contribution in [0.1, 0.15) is 10.4 Å². The van der Waals surface area contributed by atoms with Gasteiger partial charge in [0.1, 0.15) is 0 Å². The molecule has 20 heavy (non-hydrogen) atoms. The molecule has 1 aromatic carbocycles. The Morgan fingerprint density at radius 2 is 1.75 bits per heavy atom. The fourth-order valence-corrected chi connectivity index (χ4v) is 4.79. The van der Waals surface area contributed by atoms with E-state index in [1.165, 1.54) is 32.4 Å². The molecular formula is C11H15NO6S2. The molecule has 0 unspecified atom stereocenters. The van der Waals surface area contributed by atoms with Gasteiger partial charge in [-0.05, 0) is 12.1 Å². The highest BCUT2D eigenvalue weighted by Crippen LogP contribution is 2.23. The van der Waals surface area contributed by atoms with Crippen LogP contribution in [-0.2, 0) is 24.6 Å². The van der Waals surface area contributed by atoms with Crippen LogP contribution >= 0.6 is 0 Å². The summed E-state index contributed by atoms with van der Waals surface area (Å²) in [5, 5.41) is -1.04. The molecule has 0 saturated heterocycles. The van der Waals surface area contributed by atoms with Gasteiger partial charge in [-0.2, -0.15) is 0 Å². The Hall–Kier alpha value is -1.61. The molecule has 0 fully saturated rings. The molecule has 0 N–H and O–H groups in total. The average molecular weight is 321 g/mol. The number of sulfone groups is 1. The summed E-state index contributed by atoms with van der Waals surface area (Å²) in [5.74, 6) is -0.706. The van der Waals surface area contributed by atoms with Crippen molar-refractivity contribution in [1.29, 1.82) is 0 Å². The zero-order chi connectivity index (χ0) is 15.6. The van der Waals surface area contributed by atoms with Crippen LogP contribution in [0.5, 0.6) is 0 Å². The largest absolute Gasteiger partial charge is 0.465 e. The van der Waals surface area contributed by atoms with Crippen molar-refractivity contribution in [2.75, 3.05) is 29.8 Å². The molecule has 1 rings (SSSR count). The topological polar surface area (TPSA) is 97.8 Å². The molecule has 0 amide bonds. The number of sulfonamides is 1. The third-order valence-electron chi connectivity index (χ3n) is 2.43. The van der Waals surface area contributed by atoms with Crippen LogP contribution in [0.2, 0.25) is 0 Å². The second kappa shape index (κ2) is 5.80. The van der Waals surface area contributed by atoms with Crippen molar-refractivity contribution in [3.63, 3.8) is 0 Å². The molecular weight excluding hydrogens is 306 g/mol. The van der Waals surface area contributed by atoms with E-state index in [2.05, 4.69) is 4.74 Å². The molecule has 0 bridgehead atoms. The summed E-state index contributed by atoms with van der Waals surface area (Å²) in [7, 11) is -5.46. The van der Waals surface area contributed by atoms with Crippen molar-refractivity contribution in [3.8, 4) is 0 Å². The van der Waals surface area contributed by atoms with Gasteiger partial charge in [-0.25, -0.2) is 21.6 Å². The summed E-state index contributed by atoms with van der Waals surface area (Å²) in [6, 6.07) is 5.88. The number of methoxy groups -OCH3 is 1. The summed E-state index contributed by atoms with van der Waals surface area (Å²) in [4.78, 5) is 11.6. The lowest BCUT2D eigenvalue weighted by Gasteiger charge is -2.20. The molecule has 0 heterocycles. The van der Waals surface area contributed by atoms with E-state index in [-0.39, 0.29) is 11.3 Å². The van der Waals surface area contributed by atoms with Gasteiger partial charge in [0, 0.05) is 13.3 Å². The molecule has 9 heteroatoms. The maximum atomic E-state index is 12.0. The molecule has 7 nitrogen and oxygen atoms in total.